The summed E-state index contributed by atoms with van der Waals surface area (Å²) in [6.45, 7) is 1.92. The Labute approximate surface area is 105 Å². The Morgan fingerprint density at radius 3 is 3.00 bits per heavy atom. The van der Waals surface area contributed by atoms with Crippen molar-refractivity contribution in [1.29, 1.82) is 5.26 Å². The number of hydrogen-bond donors (Lipinski definition) is 0. The Hall–Kier alpha value is -1.73. The highest BCUT2D eigenvalue weighted by Crippen LogP contribution is 2.31. The molecular formula is C13H12N2OS. The number of nitriles is 1. The van der Waals surface area contributed by atoms with Crippen LogP contribution in [0.25, 0.3) is 6.08 Å². The highest BCUT2D eigenvalue weighted by atomic mass is 32.2. The summed E-state index contributed by atoms with van der Waals surface area (Å²) in [5.41, 5.74) is 1.90. The SMILES string of the molecule is CCSC(=O)N1C=Cc2ccccc2[C@@H]1C#N. The summed E-state index contributed by atoms with van der Waals surface area (Å²) in [6.07, 6.45) is 3.57. The van der Waals surface area contributed by atoms with Gasteiger partial charge in [0, 0.05) is 6.20 Å². The molecular weight excluding hydrogens is 232 g/mol. The summed E-state index contributed by atoms with van der Waals surface area (Å²) >= 11 is 1.22. The standard InChI is InChI=1S/C13H12N2OS/c1-2-17-13(16)15-8-7-10-5-3-4-6-11(10)12(15)9-14/h3-8,12H,2H2,1H3/t12-/m0/s1. The molecule has 1 amide bonds. The maximum absolute atomic E-state index is 11.9. The normalized spacial score (nSPS) is 17.4. The van der Waals surface area contributed by atoms with Crippen LogP contribution in [0.2, 0.25) is 0 Å². The highest BCUT2D eigenvalue weighted by Gasteiger charge is 2.27. The molecule has 1 aromatic rings. The van der Waals surface area contributed by atoms with E-state index in [0.29, 0.717) is 5.75 Å². The van der Waals surface area contributed by atoms with E-state index in [-0.39, 0.29) is 5.24 Å². The van der Waals surface area contributed by atoms with Crippen LogP contribution in [0, 0.1) is 11.3 Å². The third-order valence-electron chi connectivity index (χ3n) is 2.58. The Balaban J connectivity index is 2.36. The molecule has 0 bridgehead atoms. The van der Waals surface area contributed by atoms with Crippen LogP contribution < -0.4 is 0 Å². The molecule has 0 saturated carbocycles. The van der Waals surface area contributed by atoms with Gasteiger partial charge in [0.25, 0.3) is 5.24 Å². The van der Waals surface area contributed by atoms with E-state index in [1.165, 1.54) is 16.7 Å². The number of hydrogen-bond acceptors (Lipinski definition) is 3. The van der Waals surface area contributed by atoms with Gasteiger partial charge >= 0.3 is 0 Å². The Morgan fingerprint density at radius 1 is 1.53 bits per heavy atom. The molecule has 86 valence electrons. The lowest BCUT2D eigenvalue weighted by molar-refractivity contribution is 0.233. The predicted octanol–water partition coefficient (Wildman–Crippen LogP) is 3.41. The molecule has 0 N–H and O–H groups in total. The molecule has 1 aliphatic heterocycles. The molecule has 17 heavy (non-hydrogen) atoms. The highest BCUT2D eigenvalue weighted by molar-refractivity contribution is 8.13. The maximum atomic E-state index is 11.9. The van der Waals surface area contributed by atoms with Crippen molar-refractivity contribution in [3.8, 4) is 6.07 Å². The molecule has 0 fully saturated rings. The van der Waals surface area contributed by atoms with Gasteiger partial charge in [-0.05, 0) is 23.0 Å². The molecule has 1 aliphatic rings. The lowest BCUT2D eigenvalue weighted by Crippen LogP contribution is -2.28. The van der Waals surface area contributed by atoms with Crippen LogP contribution in [0.15, 0.2) is 30.5 Å². The van der Waals surface area contributed by atoms with Gasteiger partial charge in [-0.15, -0.1) is 0 Å². The first kappa shape index (κ1) is 11.7. The molecule has 1 aromatic carbocycles. The van der Waals surface area contributed by atoms with E-state index < -0.39 is 6.04 Å². The van der Waals surface area contributed by atoms with Crippen molar-refractivity contribution >= 4 is 23.1 Å². The van der Waals surface area contributed by atoms with Crippen LogP contribution in [-0.4, -0.2) is 15.9 Å². The lowest BCUT2D eigenvalue weighted by atomic mass is 9.98. The van der Waals surface area contributed by atoms with Crippen molar-refractivity contribution in [3.63, 3.8) is 0 Å². The van der Waals surface area contributed by atoms with Gasteiger partial charge in [0.1, 0.15) is 6.04 Å². The van der Waals surface area contributed by atoms with Gasteiger partial charge in [0.05, 0.1) is 6.07 Å². The minimum atomic E-state index is -0.511. The second kappa shape index (κ2) is 5.07. The zero-order chi connectivity index (χ0) is 12.3. The number of carbonyl (C=O) groups is 1. The maximum Gasteiger partial charge on any atom is 0.286 e. The van der Waals surface area contributed by atoms with E-state index in [9.17, 15) is 10.1 Å². The van der Waals surface area contributed by atoms with E-state index in [2.05, 4.69) is 6.07 Å². The average Bonchev–Trinajstić information content (AvgIpc) is 2.37. The minimum absolute atomic E-state index is 0.0789. The summed E-state index contributed by atoms with van der Waals surface area (Å²) in [6, 6.07) is 9.33. The van der Waals surface area contributed by atoms with Crippen LogP contribution in [-0.2, 0) is 0 Å². The quantitative estimate of drug-likeness (QED) is 0.760. The first-order chi connectivity index (χ1) is 8.27. The molecule has 0 radical (unpaired) electrons. The monoisotopic (exact) mass is 244 g/mol. The van der Waals surface area contributed by atoms with Crippen molar-refractivity contribution < 1.29 is 4.79 Å². The fourth-order valence-electron chi connectivity index (χ4n) is 1.80. The van der Waals surface area contributed by atoms with E-state index in [1.54, 1.807) is 6.20 Å². The molecule has 0 aromatic heterocycles. The molecule has 0 unspecified atom stereocenters. The van der Waals surface area contributed by atoms with Gasteiger partial charge in [0.15, 0.2) is 0 Å². The first-order valence-electron chi connectivity index (χ1n) is 5.39. The number of benzene rings is 1. The first-order valence-corrected chi connectivity index (χ1v) is 6.38. The largest absolute Gasteiger partial charge is 0.289 e. The van der Waals surface area contributed by atoms with Crippen LogP contribution in [0.5, 0.6) is 0 Å². The number of amides is 1. The third-order valence-corrected chi connectivity index (χ3v) is 3.33. The molecule has 0 aliphatic carbocycles. The molecule has 4 heteroatoms. The summed E-state index contributed by atoms with van der Waals surface area (Å²) < 4.78 is 0. The zero-order valence-corrected chi connectivity index (χ0v) is 10.3. The van der Waals surface area contributed by atoms with Gasteiger partial charge in [-0.2, -0.15) is 5.26 Å². The van der Waals surface area contributed by atoms with Crippen molar-refractivity contribution in [2.75, 3.05) is 5.75 Å². The number of rotatable bonds is 1. The molecule has 0 saturated heterocycles. The van der Waals surface area contributed by atoms with Gasteiger partial charge in [-0.25, -0.2) is 0 Å². The van der Waals surface area contributed by atoms with Gasteiger partial charge < -0.3 is 0 Å². The van der Waals surface area contributed by atoms with Gasteiger partial charge in [0.2, 0.25) is 0 Å². The van der Waals surface area contributed by atoms with Crippen molar-refractivity contribution in [2.24, 2.45) is 0 Å². The second-order valence-corrected chi connectivity index (χ2v) is 4.80. The van der Waals surface area contributed by atoms with E-state index in [0.717, 1.165) is 11.1 Å². The minimum Gasteiger partial charge on any atom is -0.289 e. The van der Waals surface area contributed by atoms with Gasteiger partial charge in [-0.3, -0.25) is 9.69 Å². The van der Waals surface area contributed by atoms with Crippen LogP contribution >= 0.6 is 11.8 Å². The van der Waals surface area contributed by atoms with Crippen LogP contribution in [0.3, 0.4) is 0 Å². The van der Waals surface area contributed by atoms with Crippen molar-refractivity contribution in [1.82, 2.24) is 4.90 Å². The zero-order valence-electron chi connectivity index (χ0n) is 9.46. The summed E-state index contributed by atoms with van der Waals surface area (Å²) in [5.74, 6) is 0.711. The van der Waals surface area contributed by atoms with E-state index >= 15 is 0 Å². The summed E-state index contributed by atoms with van der Waals surface area (Å²) in [7, 11) is 0. The van der Waals surface area contributed by atoms with Gasteiger partial charge in [-0.1, -0.05) is 43.0 Å². The fraction of sp³-hybridized carbons (Fsp3) is 0.231. The molecule has 1 heterocycles. The number of thioether (sulfide) groups is 1. The topological polar surface area (TPSA) is 44.1 Å². The summed E-state index contributed by atoms with van der Waals surface area (Å²) in [4.78, 5) is 13.4. The number of carbonyl (C=O) groups excluding carboxylic acids is 1. The third kappa shape index (κ3) is 2.20. The lowest BCUT2D eigenvalue weighted by Gasteiger charge is -2.27. The van der Waals surface area contributed by atoms with Crippen LogP contribution in [0.4, 0.5) is 4.79 Å². The van der Waals surface area contributed by atoms with E-state index in [1.807, 2.05) is 37.3 Å². The van der Waals surface area contributed by atoms with Crippen LogP contribution in [0.1, 0.15) is 24.1 Å². The average molecular weight is 244 g/mol. The predicted molar refractivity (Wildman–Crippen MR) is 69.2 cm³/mol. The molecule has 1 atom stereocenters. The van der Waals surface area contributed by atoms with Crippen molar-refractivity contribution in [3.05, 3.63) is 41.6 Å². The Kier molecular flexibility index (Phi) is 3.50. The number of fused-ring (bicyclic) bond motifs is 1. The summed E-state index contributed by atoms with van der Waals surface area (Å²) in [5, 5.41) is 9.16. The molecule has 2 rings (SSSR count). The molecule has 0 spiro atoms. The Morgan fingerprint density at radius 2 is 2.29 bits per heavy atom. The smallest absolute Gasteiger partial charge is 0.286 e. The van der Waals surface area contributed by atoms with E-state index in [4.69, 9.17) is 0 Å². The van der Waals surface area contributed by atoms with Crippen molar-refractivity contribution in [2.45, 2.75) is 13.0 Å². The fourth-order valence-corrected chi connectivity index (χ4v) is 2.37. The second-order valence-electron chi connectivity index (χ2n) is 3.58. The number of nitrogens with zero attached hydrogens (tertiary/aromatic N) is 2. The Bertz CT molecular complexity index is 504. The molecule has 3 nitrogen and oxygen atoms in total.